The van der Waals surface area contributed by atoms with Crippen molar-refractivity contribution in [3.63, 3.8) is 0 Å². The number of hydrogen-bond donors (Lipinski definition) is 0. The van der Waals surface area contributed by atoms with Gasteiger partial charge < -0.3 is 9.31 Å². The lowest BCUT2D eigenvalue weighted by Crippen LogP contribution is -2.41. The highest BCUT2D eigenvalue weighted by Crippen LogP contribution is 2.36. The van der Waals surface area contributed by atoms with Gasteiger partial charge in [-0.3, -0.25) is 15.0 Å². The first kappa shape index (κ1) is 21.5. The molecule has 0 unspecified atom stereocenters. The molecule has 4 heterocycles. The number of pyridine rings is 3. The molecule has 164 valence electrons. The molecule has 5 rings (SSSR count). The molecule has 0 amide bonds. The second kappa shape index (κ2) is 8.21. The van der Waals surface area contributed by atoms with E-state index in [-0.39, 0.29) is 0 Å². The Kier molecular flexibility index (Phi) is 5.35. The van der Waals surface area contributed by atoms with Gasteiger partial charge in [0.2, 0.25) is 0 Å². The minimum Gasteiger partial charge on any atom is -0.398 e. The first-order chi connectivity index (χ1) is 15.8. The molecule has 0 atom stereocenters. The Labute approximate surface area is 195 Å². The van der Waals surface area contributed by atoms with Crippen LogP contribution in [0, 0.1) is 0 Å². The molecule has 4 aromatic rings. The predicted octanol–water partition coefficient (Wildman–Crippen LogP) is 5.17. The topological polar surface area (TPSA) is 57.1 Å². The summed E-state index contributed by atoms with van der Waals surface area (Å²) in [5.41, 5.74) is 6.58. The van der Waals surface area contributed by atoms with Crippen LogP contribution in [0.15, 0.2) is 85.6 Å². The molecule has 3 aromatic heterocycles. The predicted molar refractivity (Wildman–Crippen MR) is 132 cm³/mol. The van der Waals surface area contributed by atoms with E-state index in [1.807, 2.05) is 89.0 Å². The number of rotatable bonds is 4. The van der Waals surface area contributed by atoms with Crippen molar-refractivity contribution in [2.24, 2.45) is 0 Å². The summed E-state index contributed by atoms with van der Waals surface area (Å²) in [6, 6.07) is 18.7. The lowest BCUT2D eigenvalue weighted by Gasteiger charge is -2.32. The molecule has 1 aliphatic rings. The van der Waals surface area contributed by atoms with Crippen LogP contribution in [-0.4, -0.2) is 33.3 Å². The average molecular weight is 435 g/mol. The van der Waals surface area contributed by atoms with Crippen LogP contribution in [0.1, 0.15) is 27.7 Å². The Bertz CT molecular complexity index is 1190. The standard InChI is InChI=1S/C27H26BN3O2/c1-26(2)27(3,4)33-28(32-26)25-6-5-21(18-31-25)24-16-22(19-7-11-29-12-8-19)15-23(17-24)20-9-13-30-14-10-20/h5-18H,1-4H3. The van der Waals surface area contributed by atoms with Gasteiger partial charge >= 0.3 is 7.12 Å². The van der Waals surface area contributed by atoms with Gasteiger partial charge in [0.05, 0.1) is 16.8 Å². The summed E-state index contributed by atoms with van der Waals surface area (Å²) in [4.78, 5) is 13.0. The first-order valence-electron chi connectivity index (χ1n) is 11.1. The van der Waals surface area contributed by atoms with E-state index in [9.17, 15) is 0 Å². The third kappa shape index (κ3) is 4.20. The third-order valence-corrected chi connectivity index (χ3v) is 6.57. The van der Waals surface area contributed by atoms with Crippen molar-refractivity contribution in [3.05, 3.63) is 85.6 Å². The zero-order chi connectivity index (χ0) is 23.1. The maximum absolute atomic E-state index is 6.15. The molecule has 1 aromatic carbocycles. The largest absolute Gasteiger partial charge is 0.514 e. The average Bonchev–Trinajstić information content (AvgIpc) is 3.07. The number of aromatic nitrogens is 3. The van der Waals surface area contributed by atoms with Crippen LogP contribution < -0.4 is 5.59 Å². The second-order valence-corrected chi connectivity index (χ2v) is 9.33. The van der Waals surface area contributed by atoms with Crippen molar-refractivity contribution in [2.75, 3.05) is 0 Å². The van der Waals surface area contributed by atoms with Crippen LogP contribution >= 0.6 is 0 Å². The van der Waals surface area contributed by atoms with Gasteiger partial charge in [-0.1, -0.05) is 6.07 Å². The summed E-state index contributed by atoms with van der Waals surface area (Å²) in [7, 11) is -0.473. The molecular weight excluding hydrogens is 409 g/mol. The second-order valence-electron chi connectivity index (χ2n) is 9.33. The van der Waals surface area contributed by atoms with Gasteiger partial charge in [-0.05, 0) is 110 Å². The zero-order valence-corrected chi connectivity index (χ0v) is 19.3. The molecule has 0 aliphatic carbocycles. The van der Waals surface area contributed by atoms with Gasteiger partial charge in [0.1, 0.15) is 0 Å². The van der Waals surface area contributed by atoms with Gasteiger partial charge in [-0.15, -0.1) is 0 Å². The van der Waals surface area contributed by atoms with Crippen LogP contribution in [0.5, 0.6) is 0 Å². The molecule has 0 saturated carbocycles. The molecule has 6 heteroatoms. The number of benzene rings is 1. The Balaban J connectivity index is 1.52. The molecule has 33 heavy (non-hydrogen) atoms. The highest BCUT2D eigenvalue weighted by molar-refractivity contribution is 6.61. The Morgan fingerprint density at radius 2 is 1.03 bits per heavy atom. The molecule has 1 saturated heterocycles. The Morgan fingerprint density at radius 1 is 0.576 bits per heavy atom. The van der Waals surface area contributed by atoms with E-state index in [0.29, 0.717) is 0 Å². The lowest BCUT2D eigenvalue weighted by molar-refractivity contribution is 0.00578. The van der Waals surface area contributed by atoms with E-state index in [2.05, 4.69) is 34.2 Å². The highest BCUT2D eigenvalue weighted by Gasteiger charge is 2.52. The minimum atomic E-state index is -0.473. The van der Waals surface area contributed by atoms with Crippen LogP contribution in [0.4, 0.5) is 0 Å². The van der Waals surface area contributed by atoms with Crippen molar-refractivity contribution in [3.8, 4) is 33.4 Å². The third-order valence-electron chi connectivity index (χ3n) is 6.57. The maximum atomic E-state index is 6.15. The summed E-state index contributed by atoms with van der Waals surface area (Å²) in [6.07, 6.45) is 9.15. The monoisotopic (exact) mass is 435 g/mol. The Morgan fingerprint density at radius 3 is 1.45 bits per heavy atom. The quantitative estimate of drug-likeness (QED) is 0.414. The fourth-order valence-corrected chi connectivity index (χ4v) is 3.90. The highest BCUT2D eigenvalue weighted by atomic mass is 16.7. The van der Waals surface area contributed by atoms with Crippen molar-refractivity contribution < 1.29 is 9.31 Å². The van der Waals surface area contributed by atoms with E-state index in [4.69, 9.17) is 14.3 Å². The summed E-state index contributed by atoms with van der Waals surface area (Å²) < 4.78 is 12.3. The maximum Gasteiger partial charge on any atom is 0.514 e. The fraction of sp³-hybridized carbons (Fsp3) is 0.222. The SMILES string of the molecule is CC1(C)OB(c2ccc(-c3cc(-c4ccncc4)cc(-c4ccncc4)c3)cn2)OC1(C)C. The van der Waals surface area contributed by atoms with Crippen molar-refractivity contribution in [2.45, 2.75) is 38.9 Å². The van der Waals surface area contributed by atoms with Gasteiger partial charge in [0, 0.05) is 31.0 Å². The van der Waals surface area contributed by atoms with Gasteiger partial charge in [0.25, 0.3) is 0 Å². The van der Waals surface area contributed by atoms with E-state index >= 15 is 0 Å². The van der Waals surface area contributed by atoms with E-state index in [0.717, 1.165) is 39.0 Å². The van der Waals surface area contributed by atoms with Crippen molar-refractivity contribution >= 4 is 12.7 Å². The summed E-state index contributed by atoms with van der Waals surface area (Å²) in [6.45, 7) is 8.19. The molecule has 1 aliphatic heterocycles. The van der Waals surface area contributed by atoms with E-state index in [1.165, 1.54) is 0 Å². The molecule has 1 fully saturated rings. The lowest BCUT2D eigenvalue weighted by atomic mass is 9.83. The van der Waals surface area contributed by atoms with Crippen molar-refractivity contribution in [1.29, 1.82) is 0 Å². The van der Waals surface area contributed by atoms with Crippen LogP contribution in [0.2, 0.25) is 0 Å². The van der Waals surface area contributed by atoms with Gasteiger partial charge in [-0.25, -0.2) is 0 Å². The fourth-order valence-electron chi connectivity index (χ4n) is 3.90. The molecular formula is C27H26BN3O2. The normalized spacial score (nSPS) is 16.7. The number of hydrogen-bond acceptors (Lipinski definition) is 5. The minimum absolute atomic E-state index is 0.393. The molecule has 0 radical (unpaired) electrons. The summed E-state index contributed by atoms with van der Waals surface area (Å²) in [5.74, 6) is 0. The van der Waals surface area contributed by atoms with Gasteiger partial charge in [-0.2, -0.15) is 0 Å². The first-order valence-corrected chi connectivity index (χ1v) is 11.1. The molecule has 0 bridgehead atoms. The molecule has 0 spiro atoms. The zero-order valence-electron chi connectivity index (χ0n) is 19.3. The summed E-state index contributed by atoms with van der Waals surface area (Å²) >= 11 is 0. The number of nitrogens with zero attached hydrogens (tertiary/aromatic N) is 3. The van der Waals surface area contributed by atoms with E-state index < -0.39 is 18.3 Å². The Hall–Kier alpha value is -3.35. The summed E-state index contributed by atoms with van der Waals surface area (Å²) in [5, 5.41) is 0. The van der Waals surface area contributed by atoms with Crippen molar-refractivity contribution in [1.82, 2.24) is 15.0 Å². The van der Waals surface area contributed by atoms with Crippen LogP contribution in [-0.2, 0) is 9.31 Å². The van der Waals surface area contributed by atoms with Crippen LogP contribution in [0.25, 0.3) is 33.4 Å². The molecule has 5 nitrogen and oxygen atoms in total. The smallest absolute Gasteiger partial charge is 0.398 e. The molecule has 0 N–H and O–H groups in total. The van der Waals surface area contributed by atoms with Gasteiger partial charge in [0.15, 0.2) is 0 Å². The van der Waals surface area contributed by atoms with Crippen LogP contribution in [0.3, 0.4) is 0 Å². The van der Waals surface area contributed by atoms with E-state index in [1.54, 1.807) is 0 Å².